The molecule has 2 heterocycles. The van der Waals surface area contributed by atoms with Crippen LogP contribution in [0.3, 0.4) is 0 Å². The van der Waals surface area contributed by atoms with Crippen LogP contribution in [0, 0.1) is 0 Å². The summed E-state index contributed by atoms with van der Waals surface area (Å²) >= 11 is 0. The number of hydrogen-bond donors (Lipinski definition) is 2. The molecule has 2 aromatic rings. The Labute approximate surface area is 164 Å². The third kappa shape index (κ3) is 5.24. The number of likely N-dealkylation sites (N-methyl/N-ethyl adjacent to an activating group) is 1. The van der Waals surface area contributed by atoms with Crippen molar-refractivity contribution < 1.29 is 17.7 Å². The van der Waals surface area contributed by atoms with E-state index in [1.807, 2.05) is 7.05 Å². The number of nitrogens with zero attached hydrogens (tertiary/aromatic N) is 3. The van der Waals surface area contributed by atoms with E-state index in [2.05, 4.69) is 25.1 Å². The molecule has 0 amide bonds. The molecular weight excluding hydrogens is 394 g/mol. The maximum atomic E-state index is 12.3. The highest BCUT2D eigenvalue weighted by atomic mass is 35.5. The average Bonchev–Trinajstić information content (AvgIpc) is 3.12. The first kappa shape index (κ1) is 21.7. The number of piperazine rings is 1. The molecule has 1 aliphatic rings. The molecule has 0 radical (unpaired) electrons. The smallest absolute Gasteiger partial charge is 0.258 e. The number of halogens is 1. The Morgan fingerprint density at radius 3 is 3.00 bits per heavy atom. The number of ether oxygens (including phenoxy) is 1. The fraction of sp³-hybridized carbons (Fsp3) is 0.500. The molecule has 1 saturated heterocycles. The zero-order valence-corrected chi connectivity index (χ0v) is 16.8. The molecule has 150 valence electrons. The minimum atomic E-state index is -3.62. The maximum Gasteiger partial charge on any atom is 0.258 e. The summed E-state index contributed by atoms with van der Waals surface area (Å²) in [7, 11) is -0.0940. The van der Waals surface area contributed by atoms with Crippen LogP contribution in [-0.4, -0.2) is 70.4 Å². The second-order valence-corrected chi connectivity index (χ2v) is 7.84. The molecule has 2 N–H and O–H groups in total. The molecule has 11 heteroatoms. The predicted molar refractivity (Wildman–Crippen MR) is 102 cm³/mol. The van der Waals surface area contributed by atoms with Crippen LogP contribution >= 0.6 is 12.4 Å². The first-order valence-electron chi connectivity index (χ1n) is 8.35. The van der Waals surface area contributed by atoms with Gasteiger partial charge in [0.2, 0.25) is 10.0 Å². The first-order valence-corrected chi connectivity index (χ1v) is 9.83. The third-order valence-electron chi connectivity index (χ3n) is 4.24. The minimum Gasteiger partial charge on any atom is -0.383 e. The molecule has 1 atom stereocenters. The predicted octanol–water partition coefficient (Wildman–Crippen LogP) is 0.659. The fourth-order valence-corrected chi connectivity index (χ4v) is 3.80. The molecule has 0 spiro atoms. The van der Waals surface area contributed by atoms with Gasteiger partial charge in [-0.1, -0.05) is 11.2 Å². The summed E-state index contributed by atoms with van der Waals surface area (Å²) in [6.45, 7) is 3.07. The van der Waals surface area contributed by atoms with E-state index >= 15 is 0 Å². The summed E-state index contributed by atoms with van der Waals surface area (Å²) in [5, 5.41) is 7.37. The highest BCUT2D eigenvalue weighted by Crippen LogP contribution is 2.24. The molecule has 1 aliphatic heterocycles. The lowest BCUT2D eigenvalue weighted by Crippen LogP contribution is -2.44. The van der Waals surface area contributed by atoms with Gasteiger partial charge in [0.25, 0.3) is 5.89 Å². The van der Waals surface area contributed by atoms with Crippen molar-refractivity contribution in [2.45, 2.75) is 10.9 Å². The van der Waals surface area contributed by atoms with E-state index in [0.29, 0.717) is 23.9 Å². The van der Waals surface area contributed by atoms with Gasteiger partial charge in [0, 0.05) is 38.9 Å². The van der Waals surface area contributed by atoms with Crippen molar-refractivity contribution in [2.75, 3.05) is 46.9 Å². The molecule has 3 rings (SSSR count). The van der Waals surface area contributed by atoms with Crippen molar-refractivity contribution in [3.05, 3.63) is 30.1 Å². The molecule has 0 bridgehead atoms. The van der Waals surface area contributed by atoms with Crippen LogP contribution in [0.5, 0.6) is 0 Å². The second-order valence-electron chi connectivity index (χ2n) is 6.08. The summed E-state index contributed by atoms with van der Waals surface area (Å²) in [5.74, 6) is 0.883. The molecule has 0 aliphatic carbocycles. The highest BCUT2D eigenvalue weighted by Gasteiger charge is 2.25. The molecule has 1 aromatic heterocycles. The van der Waals surface area contributed by atoms with Crippen LogP contribution in [0.25, 0.3) is 11.5 Å². The second kappa shape index (κ2) is 9.58. The molecule has 0 saturated carbocycles. The van der Waals surface area contributed by atoms with Crippen molar-refractivity contribution >= 4 is 22.4 Å². The molecule has 9 nitrogen and oxygen atoms in total. The maximum absolute atomic E-state index is 12.3. The Kier molecular flexibility index (Phi) is 7.71. The number of rotatable bonds is 7. The lowest BCUT2D eigenvalue weighted by atomic mass is 10.2. The van der Waals surface area contributed by atoms with Crippen molar-refractivity contribution in [2.24, 2.45) is 0 Å². The van der Waals surface area contributed by atoms with Gasteiger partial charge in [0.1, 0.15) is 0 Å². The first-order chi connectivity index (χ1) is 12.5. The lowest BCUT2D eigenvalue weighted by Gasteiger charge is -2.30. The Morgan fingerprint density at radius 1 is 1.44 bits per heavy atom. The molecule has 27 heavy (non-hydrogen) atoms. The summed E-state index contributed by atoms with van der Waals surface area (Å²) in [4.78, 5) is 6.76. The van der Waals surface area contributed by atoms with Gasteiger partial charge < -0.3 is 14.6 Å². The standard InChI is InChI=1S/C16H23N5O4S.ClH/c1-21-8-6-17-11-14(21)15-19-16(25-20-15)12-4-3-5-13(10-12)26(22,23)18-7-9-24-2;/h3-5,10,14,17-18H,6-9,11H2,1-2H3;1H. The van der Waals surface area contributed by atoms with E-state index in [1.165, 1.54) is 19.2 Å². The number of hydrogen-bond acceptors (Lipinski definition) is 8. The van der Waals surface area contributed by atoms with Gasteiger partial charge in [-0.15, -0.1) is 12.4 Å². The van der Waals surface area contributed by atoms with Gasteiger partial charge in [-0.05, 0) is 25.2 Å². The van der Waals surface area contributed by atoms with E-state index in [-0.39, 0.29) is 29.9 Å². The SMILES string of the molecule is COCCNS(=O)(=O)c1cccc(-c2nc(C3CNCCN3C)no2)c1.Cl. The van der Waals surface area contributed by atoms with E-state index < -0.39 is 10.0 Å². The number of methoxy groups -OCH3 is 1. The topological polar surface area (TPSA) is 110 Å². The van der Waals surface area contributed by atoms with Crippen molar-refractivity contribution in [3.8, 4) is 11.5 Å². The molecule has 1 unspecified atom stereocenters. The largest absolute Gasteiger partial charge is 0.383 e. The van der Waals surface area contributed by atoms with Gasteiger partial charge in [0.05, 0.1) is 17.5 Å². The minimum absolute atomic E-state index is 0. The quantitative estimate of drug-likeness (QED) is 0.632. The zero-order valence-electron chi connectivity index (χ0n) is 15.2. The third-order valence-corrected chi connectivity index (χ3v) is 5.70. The molecule has 1 aromatic carbocycles. The summed E-state index contributed by atoms with van der Waals surface area (Å²) < 4.78 is 37.4. The summed E-state index contributed by atoms with van der Waals surface area (Å²) in [5.41, 5.74) is 0.560. The molecule has 1 fully saturated rings. The number of sulfonamides is 1. The summed E-state index contributed by atoms with van der Waals surface area (Å²) in [6, 6.07) is 6.47. The van der Waals surface area contributed by atoms with Gasteiger partial charge in [0.15, 0.2) is 5.82 Å². The zero-order chi connectivity index (χ0) is 18.6. The van der Waals surface area contributed by atoms with Gasteiger partial charge >= 0.3 is 0 Å². The van der Waals surface area contributed by atoms with E-state index in [1.54, 1.807) is 12.1 Å². The molecular formula is C16H24ClN5O4S. The normalized spacial score (nSPS) is 18.2. The number of nitrogens with one attached hydrogen (secondary N) is 2. The monoisotopic (exact) mass is 417 g/mol. The van der Waals surface area contributed by atoms with Crippen LogP contribution in [0.2, 0.25) is 0 Å². The Morgan fingerprint density at radius 2 is 2.26 bits per heavy atom. The lowest BCUT2D eigenvalue weighted by molar-refractivity contribution is 0.190. The highest BCUT2D eigenvalue weighted by molar-refractivity contribution is 7.89. The number of benzene rings is 1. The fourth-order valence-electron chi connectivity index (χ4n) is 2.74. The summed E-state index contributed by atoms with van der Waals surface area (Å²) in [6.07, 6.45) is 0. The van der Waals surface area contributed by atoms with Crippen LogP contribution in [0.1, 0.15) is 11.9 Å². The van der Waals surface area contributed by atoms with Crippen LogP contribution in [0.4, 0.5) is 0 Å². The van der Waals surface area contributed by atoms with E-state index in [0.717, 1.165) is 19.6 Å². The average molecular weight is 418 g/mol. The van der Waals surface area contributed by atoms with Crippen LogP contribution in [0.15, 0.2) is 33.7 Å². The Bertz CT molecular complexity index is 845. The van der Waals surface area contributed by atoms with Crippen LogP contribution < -0.4 is 10.0 Å². The van der Waals surface area contributed by atoms with Crippen molar-refractivity contribution in [3.63, 3.8) is 0 Å². The number of aromatic nitrogens is 2. The van der Waals surface area contributed by atoms with Crippen molar-refractivity contribution in [1.82, 2.24) is 25.1 Å². The van der Waals surface area contributed by atoms with E-state index in [9.17, 15) is 8.42 Å². The van der Waals surface area contributed by atoms with Gasteiger partial charge in [-0.2, -0.15) is 4.98 Å². The Balaban J connectivity index is 0.00000261. The van der Waals surface area contributed by atoms with Gasteiger partial charge in [-0.3, -0.25) is 4.90 Å². The van der Waals surface area contributed by atoms with Crippen molar-refractivity contribution in [1.29, 1.82) is 0 Å². The van der Waals surface area contributed by atoms with E-state index in [4.69, 9.17) is 9.26 Å². The Hall–Kier alpha value is -1.56. The van der Waals surface area contributed by atoms with Gasteiger partial charge in [-0.25, -0.2) is 13.1 Å². The van der Waals surface area contributed by atoms with Crippen LogP contribution in [-0.2, 0) is 14.8 Å².